The molecular weight excluding hydrogens is 322 g/mol. The number of aromatic nitrogens is 2. The summed E-state index contributed by atoms with van der Waals surface area (Å²) >= 11 is 0. The maximum absolute atomic E-state index is 12.5. The summed E-state index contributed by atoms with van der Waals surface area (Å²) in [5.41, 5.74) is 5.07. The SMILES string of the molecule is O=C(C[C@@H]1CCc2ccccc21)NCc1ccccc1Cn1cccn1. The Balaban J connectivity index is 1.37. The van der Waals surface area contributed by atoms with Crippen molar-refractivity contribution in [1.82, 2.24) is 15.1 Å². The Bertz CT molecular complexity index is 886. The average Bonchev–Trinajstić information content (AvgIpc) is 3.31. The number of hydrogen-bond acceptors (Lipinski definition) is 2. The Hall–Kier alpha value is -2.88. The number of rotatable bonds is 6. The number of aryl methyl sites for hydroxylation is 1. The highest BCUT2D eigenvalue weighted by Crippen LogP contribution is 2.35. The zero-order valence-corrected chi connectivity index (χ0v) is 14.8. The van der Waals surface area contributed by atoms with Crippen molar-refractivity contribution in [3.05, 3.63) is 89.2 Å². The van der Waals surface area contributed by atoms with E-state index in [1.807, 2.05) is 29.1 Å². The van der Waals surface area contributed by atoms with Crippen LogP contribution in [0.4, 0.5) is 0 Å². The van der Waals surface area contributed by atoms with E-state index in [4.69, 9.17) is 0 Å². The average molecular weight is 345 g/mol. The molecule has 1 N–H and O–H groups in total. The first-order chi connectivity index (χ1) is 12.8. The molecule has 0 aliphatic heterocycles. The zero-order valence-electron chi connectivity index (χ0n) is 14.8. The Morgan fingerprint density at radius 2 is 1.88 bits per heavy atom. The third-order valence-corrected chi connectivity index (χ3v) is 5.17. The van der Waals surface area contributed by atoms with Crippen LogP contribution in [-0.4, -0.2) is 15.7 Å². The van der Waals surface area contributed by atoms with Crippen LogP contribution in [0.2, 0.25) is 0 Å². The van der Waals surface area contributed by atoms with Gasteiger partial charge in [-0.3, -0.25) is 9.48 Å². The van der Waals surface area contributed by atoms with Gasteiger partial charge in [-0.1, -0.05) is 48.5 Å². The van der Waals surface area contributed by atoms with E-state index in [9.17, 15) is 4.79 Å². The first-order valence-corrected chi connectivity index (χ1v) is 9.18. The monoisotopic (exact) mass is 345 g/mol. The highest BCUT2D eigenvalue weighted by molar-refractivity contribution is 5.77. The molecule has 0 radical (unpaired) electrons. The molecule has 1 amide bonds. The molecule has 1 heterocycles. The van der Waals surface area contributed by atoms with Gasteiger partial charge in [0.05, 0.1) is 6.54 Å². The number of fused-ring (bicyclic) bond motifs is 1. The zero-order chi connectivity index (χ0) is 17.8. The number of nitrogens with zero attached hydrogens (tertiary/aromatic N) is 2. The van der Waals surface area contributed by atoms with E-state index < -0.39 is 0 Å². The lowest BCUT2D eigenvalue weighted by Crippen LogP contribution is -2.25. The minimum absolute atomic E-state index is 0.126. The summed E-state index contributed by atoms with van der Waals surface area (Å²) in [6.07, 6.45) is 6.46. The molecule has 4 rings (SSSR count). The van der Waals surface area contributed by atoms with E-state index in [1.54, 1.807) is 6.20 Å². The quantitative estimate of drug-likeness (QED) is 0.741. The van der Waals surface area contributed by atoms with Gasteiger partial charge in [-0.25, -0.2) is 0 Å². The minimum atomic E-state index is 0.126. The molecule has 0 fully saturated rings. The van der Waals surface area contributed by atoms with Crippen LogP contribution in [0, 0.1) is 0 Å². The van der Waals surface area contributed by atoms with Gasteiger partial charge in [0.2, 0.25) is 5.91 Å². The van der Waals surface area contributed by atoms with Gasteiger partial charge >= 0.3 is 0 Å². The van der Waals surface area contributed by atoms with Crippen LogP contribution in [0.15, 0.2) is 67.0 Å². The molecule has 0 spiro atoms. The molecule has 3 aromatic rings. The van der Waals surface area contributed by atoms with Crippen LogP contribution >= 0.6 is 0 Å². The highest BCUT2D eigenvalue weighted by atomic mass is 16.1. The molecule has 0 bridgehead atoms. The van der Waals surface area contributed by atoms with Gasteiger partial charge in [0, 0.05) is 25.4 Å². The topological polar surface area (TPSA) is 46.9 Å². The van der Waals surface area contributed by atoms with Crippen LogP contribution in [0.5, 0.6) is 0 Å². The third-order valence-electron chi connectivity index (χ3n) is 5.17. The second-order valence-corrected chi connectivity index (χ2v) is 6.89. The van der Waals surface area contributed by atoms with E-state index in [1.165, 1.54) is 16.7 Å². The first-order valence-electron chi connectivity index (χ1n) is 9.18. The Morgan fingerprint density at radius 1 is 1.08 bits per heavy atom. The standard InChI is InChI=1S/C22H23N3O/c26-22(14-18-11-10-17-6-3-4-9-21(17)18)23-15-19-7-1-2-8-20(19)16-25-13-5-12-24-25/h1-9,12-13,18H,10-11,14-16H2,(H,23,26)/t18-/m0/s1. The predicted octanol–water partition coefficient (Wildman–Crippen LogP) is 3.67. The number of hydrogen-bond donors (Lipinski definition) is 1. The van der Waals surface area contributed by atoms with Gasteiger partial charge in [-0.2, -0.15) is 5.10 Å². The second kappa shape index (κ2) is 7.56. The molecule has 4 heteroatoms. The van der Waals surface area contributed by atoms with Crippen LogP contribution < -0.4 is 5.32 Å². The highest BCUT2D eigenvalue weighted by Gasteiger charge is 2.24. The summed E-state index contributed by atoms with van der Waals surface area (Å²) in [5, 5.41) is 7.38. The number of carbonyl (C=O) groups excluding carboxylic acids is 1. The summed E-state index contributed by atoms with van der Waals surface area (Å²) in [6.45, 7) is 1.28. The Labute approximate surface area is 153 Å². The van der Waals surface area contributed by atoms with Crippen LogP contribution in [-0.2, 0) is 24.3 Å². The maximum atomic E-state index is 12.5. The molecule has 1 aromatic heterocycles. The maximum Gasteiger partial charge on any atom is 0.220 e. The summed E-state index contributed by atoms with van der Waals surface area (Å²) in [4.78, 5) is 12.5. The van der Waals surface area contributed by atoms with Gasteiger partial charge in [0.15, 0.2) is 0 Å². The number of carbonyl (C=O) groups is 1. The van der Waals surface area contributed by atoms with Crippen LogP contribution in [0.1, 0.15) is 41.0 Å². The molecule has 4 nitrogen and oxygen atoms in total. The van der Waals surface area contributed by atoms with Gasteiger partial charge in [-0.15, -0.1) is 0 Å². The lowest BCUT2D eigenvalue weighted by atomic mass is 9.97. The van der Waals surface area contributed by atoms with Gasteiger partial charge in [0.1, 0.15) is 0 Å². The second-order valence-electron chi connectivity index (χ2n) is 6.89. The molecular formula is C22H23N3O. The molecule has 0 saturated carbocycles. The number of amides is 1. The minimum Gasteiger partial charge on any atom is -0.352 e. The molecule has 2 aromatic carbocycles. The summed E-state index contributed by atoms with van der Waals surface area (Å²) in [7, 11) is 0. The van der Waals surface area contributed by atoms with E-state index in [-0.39, 0.29) is 5.91 Å². The third kappa shape index (κ3) is 3.69. The Morgan fingerprint density at radius 3 is 2.73 bits per heavy atom. The van der Waals surface area contributed by atoms with E-state index in [2.05, 4.69) is 46.8 Å². The van der Waals surface area contributed by atoms with Crippen molar-refractivity contribution in [2.75, 3.05) is 0 Å². The smallest absolute Gasteiger partial charge is 0.220 e. The normalized spacial score (nSPS) is 15.6. The lowest BCUT2D eigenvalue weighted by Gasteiger charge is -2.14. The molecule has 0 unspecified atom stereocenters. The molecule has 0 saturated heterocycles. The Kier molecular flexibility index (Phi) is 4.82. The van der Waals surface area contributed by atoms with E-state index >= 15 is 0 Å². The molecule has 1 aliphatic carbocycles. The van der Waals surface area contributed by atoms with E-state index in [0.717, 1.165) is 24.9 Å². The van der Waals surface area contributed by atoms with Crippen molar-refractivity contribution in [2.24, 2.45) is 0 Å². The summed E-state index contributed by atoms with van der Waals surface area (Å²) in [5.74, 6) is 0.478. The first kappa shape index (κ1) is 16.6. The predicted molar refractivity (Wildman–Crippen MR) is 102 cm³/mol. The van der Waals surface area contributed by atoms with Gasteiger partial charge in [0.25, 0.3) is 0 Å². The van der Waals surface area contributed by atoms with Crippen molar-refractivity contribution < 1.29 is 4.79 Å². The fourth-order valence-corrected chi connectivity index (χ4v) is 3.80. The fourth-order valence-electron chi connectivity index (χ4n) is 3.80. The van der Waals surface area contributed by atoms with Crippen molar-refractivity contribution in [3.8, 4) is 0 Å². The molecule has 26 heavy (non-hydrogen) atoms. The van der Waals surface area contributed by atoms with Gasteiger partial charge < -0.3 is 5.32 Å². The van der Waals surface area contributed by atoms with Crippen molar-refractivity contribution >= 4 is 5.91 Å². The van der Waals surface area contributed by atoms with Gasteiger partial charge in [-0.05, 0) is 47.1 Å². The number of nitrogens with one attached hydrogen (secondary N) is 1. The summed E-state index contributed by atoms with van der Waals surface area (Å²) in [6, 6.07) is 18.6. The lowest BCUT2D eigenvalue weighted by molar-refractivity contribution is -0.121. The molecule has 1 aliphatic rings. The summed E-state index contributed by atoms with van der Waals surface area (Å²) < 4.78 is 1.90. The van der Waals surface area contributed by atoms with Crippen LogP contribution in [0.25, 0.3) is 0 Å². The molecule has 132 valence electrons. The fraction of sp³-hybridized carbons (Fsp3) is 0.273. The van der Waals surface area contributed by atoms with Crippen LogP contribution in [0.3, 0.4) is 0 Å². The molecule has 1 atom stereocenters. The van der Waals surface area contributed by atoms with Crippen molar-refractivity contribution in [1.29, 1.82) is 0 Å². The van der Waals surface area contributed by atoms with E-state index in [0.29, 0.717) is 18.9 Å². The number of benzene rings is 2. The van der Waals surface area contributed by atoms with Crippen molar-refractivity contribution in [2.45, 2.75) is 38.3 Å². The van der Waals surface area contributed by atoms with Crippen molar-refractivity contribution in [3.63, 3.8) is 0 Å². The largest absolute Gasteiger partial charge is 0.352 e.